The van der Waals surface area contributed by atoms with E-state index in [1.807, 2.05) is 0 Å². The number of rotatable bonds is 2. The maximum atomic E-state index is 13.5. The van der Waals surface area contributed by atoms with Crippen molar-refractivity contribution in [2.75, 3.05) is 4.90 Å². The minimum atomic E-state index is -4.66. The Labute approximate surface area is 156 Å². The van der Waals surface area contributed by atoms with Gasteiger partial charge in [0.15, 0.2) is 5.72 Å². The summed E-state index contributed by atoms with van der Waals surface area (Å²) in [5.41, 5.74) is -2.41. The normalized spacial score (nSPS) is 23.5. The minimum Gasteiger partial charge on any atom is -0.467 e. The fourth-order valence-corrected chi connectivity index (χ4v) is 3.75. The van der Waals surface area contributed by atoms with Gasteiger partial charge in [-0.25, -0.2) is 4.79 Å². The summed E-state index contributed by atoms with van der Waals surface area (Å²) in [5, 5.41) is 13.7. The molecule has 0 aromatic heterocycles. The van der Waals surface area contributed by atoms with Crippen LogP contribution in [0.1, 0.15) is 30.5 Å². The average Bonchev–Trinajstić information content (AvgIpc) is 2.60. The van der Waals surface area contributed by atoms with Crippen LogP contribution in [0.4, 0.5) is 29.3 Å². The predicted molar refractivity (Wildman–Crippen MR) is 91.9 cm³/mol. The number of amides is 2. The van der Waals surface area contributed by atoms with E-state index in [0.29, 0.717) is 5.56 Å². The highest BCUT2D eigenvalue weighted by Crippen LogP contribution is 2.48. The van der Waals surface area contributed by atoms with Gasteiger partial charge in [0.05, 0.1) is 22.2 Å². The Morgan fingerprint density at radius 2 is 2.00 bits per heavy atom. The summed E-state index contributed by atoms with van der Waals surface area (Å²) in [6.45, 7) is 1.52. The van der Waals surface area contributed by atoms with Crippen molar-refractivity contribution in [2.45, 2.75) is 31.3 Å². The Morgan fingerprint density at radius 1 is 1.29 bits per heavy atom. The highest BCUT2D eigenvalue weighted by Gasteiger charge is 2.52. The zero-order valence-corrected chi connectivity index (χ0v) is 14.5. The number of nitrogens with zero attached hydrogens (tertiary/aromatic N) is 2. The molecular formula is C18H14F3N3O4. The van der Waals surface area contributed by atoms with Gasteiger partial charge in [0.1, 0.15) is 5.75 Å². The average molecular weight is 393 g/mol. The Bertz CT molecular complexity index is 994. The van der Waals surface area contributed by atoms with Gasteiger partial charge in [-0.1, -0.05) is 12.1 Å². The predicted octanol–water partition coefficient (Wildman–Crippen LogP) is 4.38. The number of anilines is 1. The third-order valence-electron chi connectivity index (χ3n) is 4.92. The van der Waals surface area contributed by atoms with E-state index in [-0.39, 0.29) is 23.5 Å². The van der Waals surface area contributed by atoms with Crippen molar-refractivity contribution in [3.8, 4) is 5.75 Å². The molecule has 0 unspecified atom stereocenters. The van der Waals surface area contributed by atoms with Crippen molar-refractivity contribution in [2.24, 2.45) is 0 Å². The van der Waals surface area contributed by atoms with Crippen LogP contribution in [-0.2, 0) is 6.18 Å². The lowest BCUT2D eigenvalue weighted by Gasteiger charge is -2.50. The lowest BCUT2D eigenvalue weighted by atomic mass is 9.89. The summed E-state index contributed by atoms with van der Waals surface area (Å²) in [7, 11) is 0. The summed E-state index contributed by atoms with van der Waals surface area (Å²) in [5.74, 6) is 0.277. The van der Waals surface area contributed by atoms with E-state index in [4.69, 9.17) is 4.74 Å². The van der Waals surface area contributed by atoms with Crippen molar-refractivity contribution in [1.29, 1.82) is 0 Å². The smallest absolute Gasteiger partial charge is 0.418 e. The summed E-state index contributed by atoms with van der Waals surface area (Å²) in [6, 6.07) is 7.33. The number of non-ortho nitro benzene ring substituents is 1. The van der Waals surface area contributed by atoms with E-state index in [1.165, 1.54) is 43.3 Å². The number of hydrogen-bond acceptors (Lipinski definition) is 4. The van der Waals surface area contributed by atoms with E-state index in [2.05, 4.69) is 5.32 Å². The quantitative estimate of drug-likeness (QED) is 0.606. The summed E-state index contributed by atoms with van der Waals surface area (Å²) in [4.78, 5) is 24.2. The molecule has 0 radical (unpaired) electrons. The Balaban J connectivity index is 1.82. The summed E-state index contributed by atoms with van der Waals surface area (Å²) in [6.07, 6.45) is -4.53. The fourth-order valence-electron chi connectivity index (χ4n) is 3.75. The third-order valence-corrected chi connectivity index (χ3v) is 4.92. The van der Waals surface area contributed by atoms with Gasteiger partial charge in [-0.05, 0) is 25.1 Å². The van der Waals surface area contributed by atoms with E-state index >= 15 is 0 Å². The van der Waals surface area contributed by atoms with Crippen LogP contribution >= 0.6 is 0 Å². The minimum absolute atomic E-state index is 0.124. The zero-order chi connectivity index (χ0) is 20.3. The van der Waals surface area contributed by atoms with E-state index < -0.39 is 34.5 Å². The van der Waals surface area contributed by atoms with E-state index in [0.717, 1.165) is 11.0 Å². The lowest BCUT2D eigenvalue weighted by molar-refractivity contribution is -0.385. The van der Waals surface area contributed by atoms with Gasteiger partial charge in [0.2, 0.25) is 0 Å². The van der Waals surface area contributed by atoms with Gasteiger partial charge in [0, 0.05) is 24.1 Å². The second kappa shape index (κ2) is 5.85. The van der Waals surface area contributed by atoms with Crippen LogP contribution in [0.2, 0.25) is 0 Å². The van der Waals surface area contributed by atoms with Gasteiger partial charge in [-0.3, -0.25) is 15.0 Å². The molecule has 2 aromatic rings. The number of hydrogen-bond donors (Lipinski definition) is 1. The van der Waals surface area contributed by atoms with Crippen LogP contribution in [0.25, 0.3) is 0 Å². The molecule has 1 fully saturated rings. The molecule has 2 aromatic carbocycles. The van der Waals surface area contributed by atoms with Crippen molar-refractivity contribution in [1.82, 2.24) is 5.32 Å². The Morgan fingerprint density at radius 3 is 2.68 bits per heavy atom. The molecular weight excluding hydrogens is 379 g/mol. The fraction of sp³-hybridized carbons (Fsp3) is 0.278. The number of carbonyl (C=O) groups excluding carboxylic acids is 1. The number of nitro groups is 1. The number of nitro benzene ring substituents is 1. The van der Waals surface area contributed by atoms with Gasteiger partial charge in [-0.15, -0.1) is 0 Å². The molecule has 10 heteroatoms. The van der Waals surface area contributed by atoms with Crippen LogP contribution in [0.5, 0.6) is 5.75 Å². The Hall–Kier alpha value is -3.30. The SMILES string of the molecule is C[C@@]12C[C@@H](NC(=O)N1c1ccccc1C(F)(F)F)c1cc([N+](=O)[O-])ccc1O2. The highest BCUT2D eigenvalue weighted by atomic mass is 19.4. The second-order valence-electron chi connectivity index (χ2n) is 6.81. The number of ether oxygens (including phenoxy) is 1. The molecule has 7 nitrogen and oxygen atoms in total. The molecule has 0 spiro atoms. The van der Waals surface area contributed by atoms with E-state index in [9.17, 15) is 28.1 Å². The molecule has 2 aliphatic heterocycles. The van der Waals surface area contributed by atoms with Crippen LogP contribution in [-0.4, -0.2) is 16.7 Å². The number of para-hydroxylation sites is 1. The second-order valence-corrected chi connectivity index (χ2v) is 6.81. The molecule has 1 saturated heterocycles. The Kier molecular flexibility index (Phi) is 3.78. The van der Waals surface area contributed by atoms with Crippen LogP contribution in [0.15, 0.2) is 42.5 Å². The standard InChI is InChI=1S/C18H14F3N3O4/c1-17-9-13(11-8-10(24(26)27)6-7-15(11)28-17)22-16(25)23(17)14-5-3-2-4-12(14)18(19,20)21/h2-8,13H,9H2,1H3,(H,22,25)/t13-,17-/m1/s1. The molecule has 1 N–H and O–H groups in total. The molecule has 4 rings (SSSR count). The first-order chi connectivity index (χ1) is 13.1. The van der Waals surface area contributed by atoms with E-state index in [1.54, 1.807) is 0 Å². The maximum Gasteiger partial charge on any atom is 0.418 e. The monoisotopic (exact) mass is 393 g/mol. The van der Waals surface area contributed by atoms with Crippen molar-refractivity contribution in [3.63, 3.8) is 0 Å². The molecule has 2 amide bonds. The van der Waals surface area contributed by atoms with Crippen molar-refractivity contribution in [3.05, 3.63) is 63.7 Å². The summed E-state index contributed by atoms with van der Waals surface area (Å²) >= 11 is 0. The lowest BCUT2D eigenvalue weighted by Crippen LogP contribution is -2.65. The number of fused-ring (bicyclic) bond motifs is 4. The molecule has 146 valence electrons. The molecule has 2 aliphatic rings. The molecule has 2 bridgehead atoms. The number of carbonyl (C=O) groups is 1. The highest BCUT2D eigenvalue weighted by molar-refractivity contribution is 5.95. The molecule has 28 heavy (non-hydrogen) atoms. The van der Waals surface area contributed by atoms with Gasteiger partial charge in [-0.2, -0.15) is 13.2 Å². The number of urea groups is 1. The van der Waals surface area contributed by atoms with Gasteiger partial charge in [0.25, 0.3) is 5.69 Å². The zero-order valence-electron chi connectivity index (χ0n) is 14.5. The number of halogens is 3. The van der Waals surface area contributed by atoms with Crippen LogP contribution in [0, 0.1) is 10.1 Å². The number of benzene rings is 2. The first-order valence-electron chi connectivity index (χ1n) is 8.34. The maximum absolute atomic E-state index is 13.5. The molecule has 0 aliphatic carbocycles. The van der Waals surface area contributed by atoms with Crippen molar-refractivity contribution < 1.29 is 27.6 Å². The largest absolute Gasteiger partial charge is 0.467 e. The topological polar surface area (TPSA) is 84.7 Å². The molecule has 2 heterocycles. The molecule has 2 atom stereocenters. The number of alkyl halides is 3. The summed E-state index contributed by atoms with van der Waals surface area (Å²) < 4.78 is 46.3. The number of nitrogens with one attached hydrogen (secondary N) is 1. The third kappa shape index (κ3) is 2.72. The molecule has 0 saturated carbocycles. The van der Waals surface area contributed by atoms with Crippen LogP contribution < -0.4 is 15.0 Å². The van der Waals surface area contributed by atoms with Crippen molar-refractivity contribution >= 4 is 17.4 Å². The first-order valence-corrected chi connectivity index (χ1v) is 8.34. The van der Waals surface area contributed by atoms with Gasteiger partial charge < -0.3 is 10.1 Å². The van der Waals surface area contributed by atoms with Crippen LogP contribution in [0.3, 0.4) is 0 Å². The first kappa shape index (κ1) is 18.1. The van der Waals surface area contributed by atoms with Gasteiger partial charge >= 0.3 is 12.2 Å².